The van der Waals surface area contributed by atoms with Crippen LogP contribution in [0.15, 0.2) is 24.3 Å². The topological polar surface area (TPSA) is 52.6 Å². The fraction of sp³-hybridized carbons (Fsp3) is 0.500. The number of carbonyl (C=O) groups excluding carboxylic acids is 1. The van der Waals surface area contributed by atoms with Crippen LogP contribution in [0.25, 0.3) is 0 Å². The first-order chi connectivity index (χ1) is 9.90. The van der Waals surface area contributed by atoms with Gasteiger partial charge in [-0.2, -0.15) is 13.2 Å². The Balaban J connectivity index is 1.91. The average molecular weight is 302 g/mol. The number of nitrogens with zero attached hydrogens (tertiary/aromatic N) is 1. The molecule has 1 aromatic rings. The van der Waals surface area contributed by atoms with Gasteiger partial charge in [0.15, 0.2) is 0 Å². The summed E-state index contributed by atoms with van der Waals surface area (Å²) in [5.41, 5.74) is -0.415. The lowest BCUT2D eigenvalue weighted by molar-refractivity contribution is -0.137. The van der Waals surface area contributed by atoms with Crippen LogP contribution in [0.2, 0.25) is 0 Å². The third kappa shape index (κ3) is 4.10. The van der Waals surface area contributed by atoms with Gasteiger partial charge in [0.25, 0.3) is 0 Å². The molecule has 2 rings (SSSR count). The molecule has 0 aromatic heterocycles. The number of rotatable bonds is 2. The van der Waals surface area contributed by atoms with Crippen molar-refractivity contribution in [3.63, 3.8) is 0 Å². The van der Waals surface area contributed by atoms with Crippen LogP contribution in [0.4, 0.5) is 23.7 Å². The maximum absolute atomic E-state index is 12.4. The summed E-state index contributed by atoms with van der Waals surface area (Å²) in [6.07, 6.45) is -2.91. The number of nitrogens with one attached hydrogen (secondary N) is 1. The van der Waals surface area contributed by atoms with E-state index in [4.69, 9.17) is 5.11 Å². The van der Waals surface area contributed by atoms with Gasteiger partial charge in [-0.1, -0.05) is 0 Å². The average Bonchev–Trinajstić information content (AvgIpc) is 2.47. The Morgan fingerprint density at radius 2 is 1.81 bits per heavy atom. The molecule has 2 N–H and O–H groups in total. The Hall–Kier alpha value is -1.76. The van der Waals surface area contributed by atoms with Crippen LogP contribution in [-0.2, 0) is 6.18 Å². The number of hydrogen-bond donors (Lipinski definition) is 2. The second-order valence-corrected chi connectivity index (χ2v) is 5.12. The van der Waals surface area contributed by atoms with E-state index in [1.165, 1.54) is 12.1 Å². The van der Waals surface area contributed by atoms with E-state index in [2.05, 4.69) is 5.32 Å². The summed E-state index contributed by atoms with van der Waals surface area (Å²) in [5.74, 6) is 0.222. The molecule has 0 saturated carbocycles. The summed E-state index contributed by atoms with van der Waals surface area (Å²) in [4.78, 5) is 13.6. The number of anilines is 1. The molecule has 0 unspecified atom stereocenters. The standard InChI is InChI=1S/C14H17F3N2O2/c15-14(16,17)11-1-3-12(4-2-11)18-13(21)19-7-5-10(9-20)6-8-19/h1-4,10,20H,5-9H2,(H,18,21). The molecule has 1 aliphatic heterocycles. The van der Waals surface area contributed by atoms with Gasteiger partial charge in [-0.15, -0.1) is 0 Å². The normalized spacial score (nSPS) is 16.9. The quantitative estimate of drug-likeness (QED) is 0.882. The predicted molar refractivity (Wildman–Crippen MR) is 71.8 cm³/mol. The number of piperidine rings is 1. The van der Waals surface area contributed by atoms with Gasteiger partial charge in [0.1, 0.15) is 0 Å². The molecule has 0 aliphatic carbocycles. The van der Waals surface area contributed by atoms with E-state index in [-0.39, 0.29) is 18.6 Å². The highest BCUT2D eigenvalue weighted by Gasteiger charge is 2.30. The van der Waals surface area contributed by atoms with E-state index in [0.717, 1.165) is 25.0 Å². The van der Waals surface area contributed by atoms with Gasteiger partial charge in [0.05, 0.1) is 5.56 Å². The van der Waals surface area contributed by atoms with Gasteiger partial charge in [-0.05, 0) is 43.0 Å². The summed E-state index contributed by atoms with van der Waals surface area (Å²) in [5, 5.41) is 11.6. The van der Waals surface area contributed by atoms with Gasteiger partial charge in [-0.3, -0.25) is 0 Å². The minimum Gasteiger partial charge on any atom is -0.396 e. The van der Waals surface area contributed by atoms with Crippen molar-refractivity contribution in [1.29, 1.82) is 0 Å². The first-order valence-corrected chi connectivity index (χ1v) is 6.74. The third-order valence-electron chi connectivity index (χ3n) is 3.62. The number of amides is 2. The molecule has 1 heterocycles. The first-order valence-electron chi connectivity index (χ1n) is 6.74. The van der Waals surface area contributed by atoms with Gasteiger partial charge < -0.3 is 15.3 Å². The Labute approximate surface area is 120 Å². The molecule has 1 fully saturated rings. The zero-order valence-electron chi connectivity index (χ0n) is 11.4. The molecule has 1 aromatic carbocycles. The first kappa shape index (κ1) is 15.6. The maximum Gasteiger partial charge on any atom is 0.416 e. The highest BCUT2D eigenvalue weighted by atomic mass is 19.4. The number of carbonyl (C=O) groups is 1. The summed E-state index contributed by atoms with van der Waals surface area (Å²) in [7, 11) is 0. The monoisotopic (exact) mass is 302 g/mol. The number of likely N-dealkylation sites (tertiary alicyclic amines) is 1. The van der Waals surface area contributed by atoms with Crippen LogP contribution in [0, 0.1) is 5.92 Å². The zero-order valence-corrected chi connectivity index (χ0v) is 11.4. The van der Waals surface area contributed by atoms with Crippen molar-refractivity contribution in [2.75, 3.05) is 25.0 Å². The summed E-state index contributed by atoms with van der Waals surface area (Å²) >= 11 is 0. The SMILES string of the molecule is O=C(Nc1ccc(C(F)(F)F)cc1)N1CCC(CO)CC1. The summed E-state index contributed by atoms with van der Waals surface area (Å²) < 4.78 is 37.3. The predicted octanol–water partition coefficient (Wildman–Crippen LogP) is 2.94. The Morgan fingerprint density at radius 3 is 2.29 bits per heavy atom. The molecule has 0 spiro atoms. The van der Waals surface area contributed by atoms with Crippen molar-refractivity contribution in [1.82, 2.24) is 4.90 Å². The fourth-order valence-electron chi connectivity index (χ4n) is 2.26. The van der Waals surface area contributed by atoms with Crippen LogP contribution < -0.4 is 5.32 Å². The van der Waals surface area contributed by atoms with Crippen LogP contribution in [-0.4, -0.2) is 35.7 Å². The van der Waals surface area contributed by atoms with Crippen molar-refractivity contribution in [2.24, 2.45) is 5.92 Å². The Bertz CT molecular complexity index is 480. The van der Waals surface area contributed by atoms with Crippen molar-refractivity contribution >= 4 is 11.7 Å². The number of urea groups is 1. The second kappa shape index (κ2) is 6.34. The maximum atomic E-state index is 12.4. The van der Waals surface area contributed by atoms with E-state index in [1.807, 2.05) is 0 Å². The molecule has 0 atom stereocenters. The van der Waals surface area contributed by atoms with Gasteiger partial charge >= 0.3 is 12.2 Å². The highest BCUT2D eigenvalue weighted by Crippen LogP contribution is 2.29. The molecule has 116 valence electrons. The lowest BCUT2D eigenvalue weighted by Crippen LogP contribution is -2.41. The van der Waals surface area contributed by atoms with Crippen molar-refractivity contribution < 1.29 is 23.1 Å². The second-order valence-electron chi connectivity index (χ2n) is 5.12. The minimum atomic E-state index is -4.38. The zero-order chi connectivity index (χ0) is 15.5. The molecule has 0 bridgehead atoms. The van der Waals surface area contributed by atoms with E-state index >= 15 is 0 Å². The Kier molecular flexibility index (Phi) is 4.72. The van der Waals surface area contributed by atoms with E-state index in [9.17, 15) is 18.0 Å². The third-order valence-corrected chi connectivity index (χ3v) is 3.62. The van der Waals surface area contributed by atoms with Crippen LogP contribution in [0.1, 0.15) is 18.4 Å². The van der Waals surface area contributed by atoms with E-state index in [0.29, 0.717) is 18.8 Å². The molecule has 4 nitrogen and oxygen atoms in total. The molecule has 1 saturated heterocycles. The van der Waals surface area contributed by atoms with Gasteiger partial charge in [0, 0.05) is 25.4 Å². The molecule has 21 heavy (non-hydrogen) atoms. The number of alkyl halides is 3. The van der Waals surface area contributed by atoms with Crippen molar-refractivity contribution in [3.8, 4) is 0 Å². The van der Waals surface area contributed by atoms with Crippen molar-refractivity contribution in [3.05, 3.63) is 29.8 Å². The van der Waals surface area contributed by atoms with E-state index < -0.39 is 11.7 Å². The molecule has 0 radical (unpaired) electrons. The molecule has 2 amide bonds. The molecular formula is C14H17F3N2O2. The number of aliphatic hydroxyl groups is 1. The lowest BCUT2D eigenvalue weighted by atomic mass is 9.98. The fourth-order valence-corrected chi connectivity index (χ4v) is 2.26. The molecule has 1 aliphatic rings. The van der Waals surface area contributed by atoms with Crippen LogP contribution in [0.3, 0.4) is 0 Å². The van der Waals surface area contributed by atoms with Crippen LogP contribution in [0.5, 0.6) is 0 Å². The molecular weight excluding hydrogens is 285 g/mol. The number of benzene rings is 1. The van der Waals surface area contributed by atoms with Gasteiger partial charge in [-0.25, -0.2) is 4.79 Å². The summed E-state index contributed by atoms with van der Waals surface area (Å²) in [6.45, 7) is 1.20. The highest BCUT2D eigenvalue weighted by molar-refractivity contribution is 5.89. The van der Waals surface area contributed by atoms with Gasteiger partial charge in [0.2, 0.25) is 0 Å². The smallest absolute Gasteiger partial charge is 0.396 e. The van der Waals surface area contributed by atoms with E-state index in [1.54, 1.807) is 4.90 Å². The minimum absolute atomic E-state index is 0.119. The van der Waals surface area contributed by atoms with Crippen molar-refractivity contribution in [2.45, 2.75) is 19.0 Å². The number of hydrogen-bond acceptors (Lipinski definition) is 2. The molecule has 7 heteroatoms. The summed E-state index contributed by atoms with van der Waals surface area (Å²) in [6, 6.07) is 4.02. The van der Waals surface area contributed by atoms with Crippen LogP contribution >= 0.6 is 0 Å². The lowest BCUT2D eigenvalue weighted by Gasteiger charge is -2.31. The largest absolute Gasteiger partial charge is 0.416 e. The number of aliphatic hydroxyl groups excluding tert-OH is 1. The number of halogens is 3. The Morgan fingerprint density at radius 1 is 1.24 bits per heavy atom.